The Morgan fingerprint density at radius 2 is 1.93 bits per heavy atom. The van der Waals surface area contributed by atoms with Gasteiger partial charge in [0.15, 0.2) is 0 Å². The van der Waals surface area contributed by atoms with Crippen molar-refractivity contribution in [2.45, 2.75) is 51.9 Å². The van der Waals surface area contributed by atoms with Gasteiger partial charge in [-0.05, 0) is 37.8 Å². The molecule has 86 valence electrons. The first-order chi connectivity index (χ1) is 7.33. The van der Waals surface area contributed by atoms with Crippen molar-refractivity contribution >= 4 is 0 Å². The number of nitrogens with zero attached hydrogens (tertiary/aromatic N) is 1. The van der Waals surface area contributed by atoms with Crippen LogP contribution in [0.3, 0.4) is 0 Å². The van der Waals surface area contributed by atoms with E-state index in [0.717, 1.165) is 31.3 Å². The molecule has 1 saturated carbocycles. The monoisotopic (exact) mass is 208 g/mol. The van der Waals surface area contributed by atoms with E-state index in [9.17, 15) is 0 Å². The van der Waals surface area contributed by atoms with E-state index in [1.54, 1.807) is 0 Å². The van der Waals surface area contributed by atoms with Gasteiger partial charge in [0.25, 0.3) is 0 Å². The fourth-order valence-electron chi connectivity index (χ4n) is 2.34. The Morgan fingerprint density at radius 3 is 2.60 bits per heavy atom. The average molecular weight is 208 g/mol. The van der Waals surface area contributed by atoms with E-state index in [1.165, 1.54) is 32.1 Å². The molecule has 0 aromatic heterocycles. The van der Waals surface area contributed by atoms with Crippen LogP contribution in [0.25, 0.3) is 0 Å². The van der Waals surface area contributed by atoms with E-state index in [4.69, 9.17) is 5.26 Å². The van der Waals surface area contributed by atoms with Gasteiger partial charge in [-0.25, -0.2) is 0 Å². The molecule has 1 N–H and O–H groups in total. The Labute approximate surface area is 94.1 Å². The summed E-state index contributed by atoms with van der Waals surface area (Å²) >= 11 is 0. The van der Waals surface area contributed by atoms with Gasteiger partial charge in [0.2, 0.25) is 0 Å². The summed E-state index contributed by atoms with van der Waals surface area (Å²) in [5.74, 6) is 1.93. The maximum absolute atomic E-state index is 8.37. The van der Waals surface area contributed by atoms with Crippen molar-refractivity contribution in [3.05, 3.63) is 0 Å². The van der Waals surface area contributed by atoms with Gasteiger partial charge in [-0.3, -0.25) is 0 Å². The summed E-state index contributed by atoms with van der Waals surface area (Å²) in [5, 5.41) is 11.8. The third-order valence-corrected chi connectivity index (χ3v) is 3.51. The van der Waals surface area contributed by atoms with E-state index in [1.807, 2.05) is 0 Å². The Morgan fingerprint density at radius 1 is 1.20 bits per heavy atom. The molecule has 0 aliphatic heterocycles. The molecule has 0 unspecified atom stereocenters. The Bertz CT molecular complexity index is 187. The van der Waals surface area contributed by atoms with E-state index < -0.39 is 0 Å². The molecule has 1 aliphatic carbocycles. The van der Waals surface area contributed by atoms with Gasteiger partial charge in [-0.2, -0.15) is 5.26 Å². The van der Waals surface area contributed by atoms with Crippen LogP contribution in [-0.2, 0) is 0 Å². The molecule has 0 saturated heterocycles. The number of rotatable bonds is 6. The summed E-state index contributed by atoms with van der Waals surface area (Å²) in [7, 11) is 0. The topological polar surface area (TPSA) is 35.8 Å². The van der Waals surface area contributed by atoms with Crippen molar-refractivity contribution in [1.82, 2.24) is 5.32 Å². The number of nitrogens with one attached hydrogen (secondary N) is 1. The van der Waals surface area contributed by atoms with E-state index >= 15 is 0 Å². The second kappa shape index (κ2) is 7.70. The minimum atomic E-state index is 0.688. The van der Waals surface area contributed by atoms with Crippen molar-refractivity contribution in [3.8, 4) is 6.07 Å². The Balaban J connectivity index is 1.90. The quantitative estimate of drug-likeness (QED) is 0.681. The van der Waals surface area contributed by atoms with Crippen LogP contribution in [0.1, 0.15) is 51.9 Å². The largest absolute Gasteiger partial charge is 0.317 e. The van der Waals surface area contributed by atoms with Crippen LogP contribution in [0.15, 0.2) is 0 Å². The molecule has 0 amide bonds. The van der Waals surface area contributed by atoms with Crippen molar-refractivity contribution < 1.29 is 0 Å². The first-order valence-corrected chi connectivity index (χ1v) is 6.40. The maximum atomic E-state index is 8.37. The SMILES string of the molecule is CC1CCC(CCNCCCC#N)CC1. The minimum Gasteiger partial charge on any atom is -0.317 e. The Kier molecular flexibility index (Phi) is 6.43. The molecule has 0 aromatic carbocycles. The highest BCUT2D eigenvalue weighted by molar-refractivity contribution is 4.71. The fraction of sp³-hybridized carbons (Fsp3) is 0.923. The van der Waals surface area contributed by atoms with Crippen LogP contribution >= 0.6 is 0 Å². The zero-order valence-electron chi connectivity index (χ0n) is 9.97. The molecule has 1 aliphatic rings. The molecule has 15 heavy (non-hydrogen) atoms. The van der Waals surface area contributed by atoms with Crippen LogP contribution in [0.4, 0.5) is 0 Å². The molecule has 2 heteroatoms. The highest BCUT2D eigenvalue weighted by Crippen LogP contribution is 2.29. The second-order valence-electron chi connectivity index (χ2n) is 4.93. The summed E-state index contributed by atoms with van der Waals surface area (Å²) in [4.78, 5) is 0. The van der Waals surface area contributed by atoms with Crippen molar-refractivity contribution in [1.29, 1.82) is 5.26 Å². The van der Waals surface area contributed by atoms with Crippen molar-refractivity contribution in [3.63, 3.8) is 0 Å². The molecule has 0 atom stereocenters. The van der Waals surface area contributed by atoms with Crippen molar-refractivity contribution in [2.75, 3.05) is 13.1 Å². The van der Waals surface area contributed by atoms with Gasteiger partial charge in [-0.1, -0.05) is 32.6 Å². The molecule has 0 aromatic rings. The van der Waals surface area contributed by atoms with Crippen LogP contribution in [-0.4, -0.2) is 13.1 Å². The molecule has 0 spiro atoms. The first kappa shape index (κ1) is 12.5. The summed E-state index contributed by atoms with van der Waals surface area (Å²) in [6, 6.07) is 2.17. The summed E-state index contributed by atoms with van der Waals surface area (Å²) < 4.78 is 0. The van der Waals surface area contributed by atoms with Crippen molar-refractivity contribution in [2.24, 2.45) is 11.8 Å². The van der Waals surface area contributed by atoms with Gasteiger partial charge in [0.05, 0.1) is 6.07 Å². The van der Waals surface area contributed by atoms with Gasteiger partial charge in [0.1, 0.15) is 0 Å². The van der Waals surface area contributed by atoms with E-state index in [2.05, 4.69) is 18.3 Å². The third-order valence-electron chi connectivity index (χ3n) is 3.51. The lowest BCUT2D eigenvalue weighted by Crippen LogP contribution is -2.21. The zero-order chi connectivity index (χ0) is 10.9. The predicted molar refractivity (Wildman–Crippen MR) is 63.5 cm³/mol. The first-order valence-electron chi connectivity index (χ1n) is 6.40. The molecular weight excluding hydrogens is 184 g/mol. The molecule has 1 rings (SSSR count). The van der Waals surface area contributed by atoms with Gasteiger partial charge < -0.3 is 5.32 Å². The molecule has 0 radical (unpaired) electrons. The Hall–Kier alpha value is -0.550. The standard InChI is InChI=1S/C13H24N2/c1-12-4-6-13(7-5-12)8-11-15-10-3-2-9-14/h12-13,15H,2-8,10-11H2,1H3. The lowest BCUT2D eigenvalue weighted by atomic mass is 9.81. The average Bonchev–Trinajstić information content (AvgIpc) is 2.26. The summed E-state index contributed by atoms with van der Waals surface area (Å²) in [6.07, 6.45) is 8.74. The van der Waals surface area contributed by atoms with Gasteiger partial charge in [0, 0.05) is 6.42 Å². The van der Waals surface area contributed by atoms with E-state index in [0.29, 0.717) is 6.42 Å². The molecular formula is C13H24N2. The molecule has 2 nitrogen and oxygen atoms in total. The fourth-order valence-corrected chi connectivity index (χ4v) is 2.34. The minimum absolute atomic E-state index is 0.688. The summed E-state index contributed by atoms with van der Waals surface area (Å²) in [6.45, 7) is 4.53. The highest BCUT2D eigenvalue weighted by atomic mass is 14.8. The van der Waals surface area contributed by atoms with E-state index in [-0.39, 0.29) is 0 Å². The van der Waals surface area contributed by atoms with Crippen LogP contribution in [0, 0.1) is 23.2 Å². The number of unbranched alkanes of at least 4 members (excludes halogenated alkanes) is 1. The second-order valence-corrected chi connectivity index (χ2v) is 4.93. The van der Waals surface area contributed by atoms with Crippen LogP contribution in [0.2, 0.25) is 0 Å². The lowest BCUT2D eigenvalue weighted by molar-refractivity contribution is 0.275. The van der Waals surface area contributed by atoms with Gasteiger partial charge in [-0.15, -0.1) is 0 Å². The predicted octanol–water partition coefficient (Wildman–Crippen LogP) is 3.10. The van der Waals surface area contributed by atoms with Crippen LogP contribution < -0.4 is 5.32 Å². The maximum Gasteiger partial charge on any atom is 0.0622 e. The van der Waals surface area contributed by atoms with Crippen LogP contribution in [0.5, 0.6) is 0 Å². The summed E-state index contributed by atoms with van der Waals surface area (Å²) in [5.41, 5.74) is 0. The zero-order valence-corrected chi connectivity index (χ0v) is 9.97. The number of hydrogen-bond donors (Lipinski definition) is 1. The molecule has 0 heterocycles. The smallest absolute Gasteiger partial charge is 0.0622 e. The molecule has 0 bridgehead atoms. The number of nitriles is 1. The lowest BCUT2D eigenvalue weighted by Gasteiger charge is -2.26. The van der Waals surface area contributed by atoms with Gasteiger partial charge >= 0.3 is 0 Å². The normalized spacial score (nSPS) is 26.1. The molecule has 1 fully saturated rings. The third kappa shape index (κ3) is 5.79. The number of hydrogen-bond acceptors (Lipinski definition) is 2. The highest BCUT2D eigenvalue weighted by Gasteiger charge is 2.17.